The lowest BCUT2D eigenvalue weighted by Crippen LogP contribution is -2.46. The molecule has 0 spiro atoms. The number of thioether (sulfide) groups is 1. The second-order valence-electron chi connectivity index (χ2n) is 6.85. The molecule has 4 rings (SSSR count). The minimum Gasteiger partial charge on any atom is -0.462 e. The van der Waals surface area contributed by atoms with Crippen LogP contribution in [0.1, 0.15) is 39.0 Å². The van der Waals surface area contributed by atoms with E-state index in [2.05, 4.69) is 9.98 Å². The smallest absolute Gasteiger partial charge is 0.367 e. The van der Waals surface area contributed by atoms with Crippen molar-refractivity contribution in [3.8, 4) is 0 Å². The molecule has 10 heteroatoms. The van der Waals surface area contributed by atoms with Gasteiger partial charge in [0.05, 0.1) is 23.1 Å². The van der Waals surface area contributed by atoms with Gasteiger partial charge in [-0.15, -0.1) is 0 Å². The van der Waals surface area contributed by atoms with Crippen molar-refractivity contribution in [2.75, 3.05) is 6.61 Å². The third-order valence-electron chi connectivity index (χ3n) is 5.07. The van der Waals surface area contributed by atoms with E-state index in [0.717, 1.165) is 43.9 Å². The standard InChI is InChI=1S/C18H20N4O5S/c1-2-27-16(23)18(24)15(19-11-7-4-3-5-8-11)28-17-20-14-12(21(17)18)9-6-10-13(14)22(25)26/h6,9-11,24H,2-5,7-8H2,1H3. The first-order valence-corrected chi connectivity index (χ1v) is 10.1. The number of ether oxygens (including phenoxy) is 1. The molecule has 1 unspecified atom stereocenters. The molecule has 148 valence electrons. The Balaban J connectivity index is 1.87. The number of nitrogens with zero attached hydrogens (tertiary/aromatic N) is 4. The number of aliphatic hydroxyl groups is 1. The number of imidazole rings is 1. The molecule has 2 aliphatic rings. The molecule has 28 heavy (non-hydrogen) atoms. The Morgan fingerprint density at radius 3 is 2.89 bits per heavy atom. The summed E-state index contributed by atoms with van der Waals surface area (Å²) < 4.78 is 6.44. The summed E-state index contributed by atoms with van der Waals surface area (Å²) in [6, 6.07) is 4.47. The minimum absolute atomic E-state index is 0.0300. The fourth-order valence-corrected chi connectivity index (χ4v) is 4.90. The van der Waals surface area contributed by atoms with Crippen molar-refractivity contribution in [2.45, 2.75) is 56.0 Å². The van der Waals surface area contributed by atoms with Crippen LogP contribution in [0.2, 0.25) is 0 Å². The quantitative estimate of drug-likeness (QED) is 0.472. The summed E-state index contributed by atoms with van der Waals surface area (Å²) in [5.74, 6) is -0.860. The van der Waals surface area contributed by atoms with Crippen LogP contribution in [-0.4, -0.2) is 43.2 Å². The van der Waals surface area contributed by atoms with Crippen LogP contribution in [0, 0.1) is 10.1 Å². The largest absolute Gasteiger partial charge is 0.462 e. The number of benzene rings is 1. The number of fused-ring (bicyclic) bond motifs is 3. The van der Waals surface area contributed by atoms with Gasteiger partial charge < -0.3 is 9.84 Å². The van der Waals surface area contributed by atoms with Gasteiger partial charge in [0.25, 0.3) is 11.4 Å². The van der Waals surface area contributed by atoms with Crippen LogP contribution in [0.3, 0.4) is 0 Å². The SMILES string of the molecule is CCOC(=O)C1(O)C(=NC2CCCCC2)Sc2nc3c([N+](=O)[O-])cccc3n21. The van der Waals surface area contributed by atoms with Gasteiger partial charge in [0.1, 0.15) is 5.04 Å². The molecule has 1 N–H and O–H groups in total. The average molecular weight is 404 g/mol. The van der Waals surface area contributed by atoms with E-state index in [1.165, 1.54) is 16.7 Å². The van der Waals surface area contributed by atoms with E-state index in [0.29, 0.717) is 5.52 Å². The first kappa shape index (κ1) is 18.9. The van der Waals surface area contributed by atoms with E-state index < -0.39 is 16.6 Å². The predicted octanol–water partition coefficient (Wildman–Crippen LogP) is 2.99. The maximum absolute atomic E-state index is 12.8. The van der Waals surface area contributed by atoms with Gasteiger partial charge in [-0.1, -0.05) is 25.3 Å². The summed E-state index contributed by atoms with van der Waals surface area (Å²) in [5, 5.41) is 23.3. The second kappa shape index (κ2) is 7.17. The Bertz CT molecular complexity index is 982. The van der Waals surface area contributed by atoms with Crippen LogP contribution < -0.4 is 0 Å². The third-order valence-corrected chi connectivity index (χ3v) is 6.11. The molecule has 0 radical (unpaired) electrons. The Labute approximate surface area is 164 Å². The second-order valence-corrected chi connectivity index (χ2v) is 7.81. The van der Waals surface area contributed by atoms with Crippen molar-refractivity contribution in [2.24, 2.45) is 4.99 Å². The highest BCUT2D eigenvalue weighted by molar-refractivity contribution is 8.14. The Hall–Kier alpha value is -2.46. The highest BCUT2D eigenvalue weighted by Crippen LogP contribution is 2.44. The van der Waals surface area contributed by atoms with Crippen molar-refractivity contribution in [3.63, 3.8) is 0 Å². The summed E-state index contributed by atoms with van der Waals surface area (Å²) in [4.78, 5) is 32.6. The zero-order chi connectivity index (χ0) is 19.9. The molecule has 1 aromatic heterocycles. The number of aromatic nitrogens is 2. The van der Waals surface area contributed by atoms with Gasteiger partial charge in [-0.2, -0.15) is 0 Å². The summed E-state index contributed by atoms with van der Waals surface area (Å²) in [7, 11) is 0. The number of esters is 1. The normalized spacial score (nSPS) is 23.9. The van der Waals surface area contributed by atoms with Gasteiger partial charge in [0.15, 0.2) is 10.7 Å². The fourth-order valence-electron chi connectivity index (χ4n) is 3.75. The van der Waals surface area contributed by atoms with Crippen molar-refractivity contribution in [1.29, 1.82) is 0 Å². The number of aliphatic imine (C=N–C) groups is 1. The Morgan fingerprint density at radius 1 is 1.46 bits per heavy atom. The summed E-state index contributed by atoms with van der Waals surface area (Å²) in [5.41, 5.74) is -1.94. The zero-order valence-corrected chi connectivity index (χ0v) is 16.1. The fraction of sp³-hybridized carbons (Fsp3) is 0.500. The van der Waals surface area contributed by atoms with E-state index in [1.807, 2.05) is 0 Å². The predicted molar refractivity (Wildman–Crippen MR) is 103 cm³/mol. The monoisotopic (exact) mass is 404 g/mol. The van der Waals surface area contributed by atoms with Gasteiger partial charge in [0.2, 0.25) is 0 Å². The van der Waals surface area contributed by atoms with Crippen molar-refractivity contribution < 1.29 is 19.6 Å². The van der Waals surface area contributed by atoms with Crippen LogP contribution in [0.25, 0.3) is 11.0 Å². The molecule has 1 aromatic carbocycles. The van der Waals surface area contributed by atoms with Crippen molar-refractivity contribution >= 4 is 39.5 Å². The lowest BCUT2D eigenvalue weighted by molar-refractivity contribution is -0.383. The van der Waals surface area contributed by atoms with E-state index >= 15 is 0 Å². The number of nitro groups is 1. The summed E-state index contributed by atoms with van der Waals surface area (Å²) in [6.45, 7) is 1.74. The van der Waals surface area contributed by atoms with Crippen LogP contribution >= 0.6 is 11.8 Å². The Morgan fingerprint density at radius 2 is 2.21 bits per heavy atom. The molecular formula is C18H20N4O5S. The highest BCUT2D eigenvalue weighted by atomic mass is 32.2. The number of hydrogen-bond donors (Lipinski definition) is 1. The number of nitro benzene ring substituents is 1. The number of hydrogen-bond acceptors (Lipinski definition) is 8. The van der Waals surface area contributed by atoms with Gasteiger partial charge in [-0.25, -0.2) is 9.78 Å². The summed E-state index contributed by atoms with van der Waals surface area (Å²) >= 11 is 1.07. The van der Waals surface area contributed by atoms with E-state index in [-0.39, 0.29) is 34.1 Å². The topological polar surface area (TPSA) is 120 Å². The lowest BCUT2D eigenvalue weighted by Gasteiger charge is -2.25. The molecule has 1 aliphatic heterocycles. The van der Waals surface area contributed by atoms with Gasteiger partial charge in [0, 0.05) is 6.07 Å². The number of carbonyl (C=O) groups excluding carboxylic acids is 1. The van der Waals surface area contributed by atoms with E-state index in [1.54, 1.807) is 13.0 Å². The summed E-state index contributed by atoms with van der Waals surface area (Å²) in [6.07, 6.45) is 5.08. The maximum atomic E-state index is 12.8. The zero-order valence-electron chi connectivity index (χ0n) is 15.3. The van der Waals surface area contributed by atoms with E-state index in [4.69, 9.17) is 4.74 Å². The molecule has 2 heterocycles. The molecule has 9 nitrogen and oxygen atoms in total. The average Bonchev–Trinajstić information content (AvgIpc) is 3.18. The van der Waals surface area contributed by atoms with Crippen LogP contribution in [-0.2, 0) is 15.3 Å². The maximum Gasteiger partial charge on any atom is 0.367 e. The molecule has 1 saturated carbocycles. The van der Waals surface area contributed by atoms with E-state index in [9.17, 15) is 20.0 Å². The third kappa shape index (κ3) is 2.87. The highest BCUT2D eigenvalue weighted by Gasteiger charge is 2.54. The van der Waals surface area contributed by atoms with Gasteiger partial charge in [-0.05, 0) is 37.6 Å². The first-order valence-electron chi connectivity index (χ1n) is 9.28. The number of rotatable bonds is 4. The molecule has 0 amide bonds. The van der Waals surface area contributed by atoms with Crippen molar-refractivity contribution in [3.05, 3.63) is 28.3 Å². The molecule has 1 atom stereocenters. The first-order chi connectivity index (χ1) is 13.5. The molecular weight excluding hydrogens is 384 g/mol. The van der Waals surface area contributed by atoms with Gasteiger partial charge >= 0.3 is 5.97 Å². The van der Waals surface area contributed by atoms with Crippen LogP contribution in [0.4, 0.5) is 5.69 Å². The Kier molecular flexibility index (Phi) is 4.84. The number of para-hydroxylation sites is 1. The van der Waals surface area contributed by atoms with Crippen LogP contribution in [0.15, 0.2) is 28.3 Å². The molecule has 0 bridgehead atoms. The minimum atomic E-state index is -2.17. The lowest BCUT2D eigenvalue weighted by atomic mass is 9.96. The van der Waals surface area contributed by atoms with Crippen LogP contribution in [0.5, 0.6) is 0 Å². The number of carbonyl (C=O) groups is 1. The van der Waals surface area contributed by atoms with Crippen molar-refractivity contribution in [1.82, 2.24) is 9.55 Å². The molecule has 2 aromatic rings. The number of non-ortho nitro benzene ring substituents is 1. The molecule has 1 aliphatic carbocycles. The molecule has 1 fully saturated rings. The molecule has 0 saturated heterocycles. The van der Waals surface area contributed by atoms with Gasteiger partial charge in [-0.3, -0.25) is 19.7 Å².